The Kier molecular flexibility index (Phi) is 53.4. The zero-order chi connectivity index (χ0) is 50.0. The van der Waals surface area contributed by atoms with Gasteiger partial charge in [-0.2, -0.15) is 0 Å². The van der Waals surface area contributed by atoms with E-state index in [0.29, 0.717) is 19.3 Å². The summed E-state index contributed by atoms with van der Waals surface area (Å²) >= 11 is 0. The molecule has 0 rings (SSSR count). The number of hydrogen-bond donors (Lipinski definition) is 0. The van der Waals surface area contributed by atoms with Crippen molar-refractivity contribution in [3.63, 3.8) is 0 Å². The third-order valence-electron chi connectivity index (χ3n) is 11.8. The molecule has 69 heavy (non-hydrogen) atoms. The monoisotopic (exact) mass is 957 g/mol. The van der Waals surface area contributed by atoms with Crippen molar-refractivity contribution in [2.45, 2.75) is 258 Å². The van der Waals surface area contributed by atoms with Gasteiger partial charge >= 0.3 is 17.9 Å². The smallest absolute Gasteiger partial charge is 0.306 e. The third-order valence-corrected chi connectivity index (χ3v) is 11.8. The van der Waals surface area contributed by atoms with E-state index in [9.17, 15) is 14.4 Å². The molecule has 0 aromatic rings. The molecule has 0 radical (unpaired) electrons. The highest BCUT2D eigenvalue weighted by Crippen LogP contribution is 2.16. The first-order valence-corrected chi connectivity index (χ1v) is 28.4. The molecule has 0 aliphatic rings. The summed E-state index contributed by atoms with van der Waals surface area (Å²) in [6.07, 6.45) is 76.7. The van der Waals surface area contributed by atoms with Crippen molar-refractivity contribution in [2.24, 2.45) is 0 Å². The average Bonchev–Trinajstić information content (AvgIpc) is 3.35. The molecular formula is C63H104O6. The van der Waals surface area contributed by atoms with Gasteiger partial charge in [-0.1, -0.05) is 252 Å². The lowest BCUT2D eigenvalue weighted by Gasteiger charge is -2.18. The zero-order valence-corrected chi connectivity index (χ0v) is 44.8. The number of allylic oxidation sites excluding steroid dienone is 18. The summed E-state index contributed by atoms with van der Waals surface area (Å²) in [7, 11) is 0. The molecule has 6 nitrogen and oxygen atoms in total. The van der Waals surface area contributed by atoms with E-state index in [0.717, 1.165) is 103 Å². The fraction of sp³-hybridized carbons (Fsp3) is 0.667. The minimum absolute atomic E-state index is 0.117. The van der Waals surface area contributed by atoms with Gasteiger partial charge in [-0.3, -0.25) is 14.4 Å². The van der Waals surface area contributed by atoms with E-state index >= 15 is 0 Å². The Morgan fingerprint density at radius 2 is 0.594 bits per heavy atom. The van der Waals surface area contributed by atoms with Crippen molar-refractivity contribution < 1.29 is 28.6 Å². The van der Waals surface area contributed by atoms with Gasteiger partial charge in [0.25, 0.3) is 0 Å². The lowest BCUT2D eigenvalue weighted by atomic mass is 10.0. The predicted octanol–water partition coefficient (Wildman–Crippen LogP) is 19.1. The first-order valence-electron chi connectivity index (χ1n) is 28.4. The first-order chi connectivity index (χ1) is 34.0. The van der Waals surface area contributed by atoms with Gasteiger partial charge in [-0.25, -0.2) is 0 Å². The van der Waals surface area contributed by atoms with Gasteiger partial charge in [0.1, 0.15) is 13.2 Å². The summed E-state index contributed by atoms with van der Waals surface area (Å²) in [5.74, 6) is -1.03. The zero-order valence-electron chi connectivity index (χ0n) is 44.8. The van der Waals surface area contributed by atoms with E-state index in [-0.39, 0.29) is 37.5 Å². The number of esters is 3. The Morgan fingerprint density at radius 1 is 0.304 bits per heavy atom. The van der Waals surface area contributed by atoms with Crippen molar-refractivity contribution >= 4 is 17.9 Å². The quantitative estimate of drug-likeness (QED) is 0.0262. The molecule has 1 unspecified atom stereocenters. The predicted molar refractivity (Wildman–Crippen MR) is 297 cm³/mol. The molecule has 0 saturated heterocycles. The van der Waals surface area contributed by atoms with E-state index in [1.54, 1.807) is 0 Å². The van der Waals surface area contributed by atoms with Gasteiger partial charge in [-0.15, -0.1) is 0 Å². The summed E-state index contributed by atoms with van der Waals surface area (Å²) in [5.41, 5.74) is 0. The van der Waals surface area contributed by atoms with Crippen molar-refractivity contribution in [1.82, 2.24) is 0 Å². The Bertz CT molecular complexity index is 1420. The minimum atomic E-state index is -0.821. The summed E-state index contributed by atoms with van der Waals surface area (Å²) in [6, 6.07) is 0. The van der Waals surface area contributed by atoms with Crippen LogP contribution in [-0.2, 0) is 28.6 Å². The second-order valence-corrected chi connectivity index (χ2v) is 18.4. The lowest BCUT2D eigenvalue weighted by Crippen LogP contribution is -2.30. The Balaban J connectivity index is 4.48. The highest BCUT2D eigenvalue weighted by atomic mass is 16.6. The molecule has 0 aliphatic heterocycles. The molecule has 0 N–H and O–H groups in total. The summed E-state index contributed by atoms with van der Waals surface area (Å²) < 4.78 is 16.8. The molecule has 0 saturated carbocycles. The topological polar surface area (TPSA) is 78.9 Å². The number of hydrogen-bond acceptors (Lipinski definition) is 6. The molecule has 392 valence electrons. The van der Waals surface area contributed by atoms with Gasteiger partial charge in [0.05, 0.1) is 0 Å². The van der Waals surface area contributed by atoms with E-state index in [1.807, 2.05) is 12.2 Å². The molecule has 0 aromatic heterocycles. The third kappa shape index (κ3) is 54.9. The van der Waals surface area contributed by atoms with Gasteiger partial charge in [0, 0.05) is 19.3 Å². The largest absolute Gasteiger partial charge is 0.462 e. The second kappa shape index (κ2) is 56.7. The standard InChI is InChI=1S/C63H104O6/c1-4-7-10-13-16-19-22-25-27-29-31-33-35-38-41-44-47-50-53-56-62(65)68-59-60(58-67-61(64)55-52-49-46-43-40-37-24-21-18-15-12-9-6-3)69-63(66)57-54-51-48-45-42-39-36-34-32-30-28-26-23-20-17-14-11-8-5-2/h7,9-10,12,16,18-19,21,25,27,31,33,37-38,40-41,46,49,60H,4-6,8,11,13-15,17,20,22-24,26,28-30,32,34-36,39,42-45,47-48,50-59H2,1-3H3/b10-7-,12-9-,19-16-,21-18-,27-25-,33-31-,40-37-,41-38-,49-46-. The molecule has 1 atom stereocenters. The Morgan fingerprint density at radius 3 is 0.971 bits per heavy atom. The summed E-state index contributed by atoms with van der Waals surface area (Å²) in [4.78, 5) is 38.1. The van der Waals surface area contributed by atoms with Gasteiger partial charge in [-0.05, 0) is 89.9 Å². The SMILES string of the molecule is CC/C=C\C/C=C\C/C=C\C/C=C\C/C=C\CCCCCC(=O)OCC(COC(=O)CC/C=C\C/C=C\C/C=C\C/C=C\CC)OC(=O)CCCCCCCCCCCCCCCCCCCCC. The fourth-order valence-corrected chi connectivity index (χ4v) is 7.60. The fourth-order valence-electron chi connectivity index (χ4n) is 7.60. The summed E-state index contributed by atoms with van der Waals surface area (Å²) in [6.45, 7) is 6.33. The molecule has 6 heteroatoms. The maximum absolute atomic E-state index is 12.9. The number of ether oxygens (including phenoxy) is 3. The van der Waals surface area contributed by atoms with E-state index in [4.69, 9.17) is 14.2 Å². The number of rotatable bonds is 50. The molecule has 0 amide bonds. The number of carbonyl (C=O) groups excluding carboxylic acids is 3. The highest BCUT2D eigenvalue weighted by Gasteiger charge is 2.19. The van der Waals surface area contributed by atoms with Crippen LogP contribution in [0.1, 0.15) is 252 Å². The van der Waals surface area contributed by atoms with Gasteiger partial charge < -0.3 is 14.2 Å². The number of carbonyl (C=O) groups is 3. The maximum atomic E-state index is 12.9. The van der Waals surface area contributed by atoms with Crippen molar-refractivity contribution in [3.8, 4) is 0 Å². The molecule has 0 aromatic carbocycles. The van der Waals surface area contributed by atoms with Crippen molar-refractivity contribution in [1.29, 1.82) is 0 Å². The van der Waals surface area contributed by atoms with Crippen molar-refractivity contribution in [2.75, 3.05) is 13.2 Å². The molecule has 0 aliphatic carbocycles. The Labute approximate surface area is 425 Å². The first kappa shape index (κ1) is 65.1. The van der Waals surface area contributed by atoms with Crippen LogP contribution in [-0.4, -0.2) is 37.2 Å². The van der Waals surface area contributed by atoms with E-state index in [1.165, 1.54) is 103 Å². The van der Waals surface area contributed by atoms with Crippen LogP contribution in [0.25, 0.3) is 0 Å². The van der Waals surface area contributed by atoms with Crippen LogP contribution < -0.4 is 0 Å². The average molecular weight is 958 g/mol. The van der Waals surface area contributed by atoms with Crippen LogP contribution in [0.5, 0.6) is 0 Å². The van der Waals surface area contributed by atoms with Gasteiger partial charge in [0.2, 0.25) is 0 Å². The highest BCUT2D eigenvalue weighted by molar-refractivity contribution is 5.71. The minimum Gasteiger partial charge on any atom is -0.462 e. The van der Waals surface area contributed by atoms with Crippen LogP contribution in [0.4, 0.5) is 0 Å². The van der Waals surface area contributed by atoms with E-state index < -0.39 is 6.10 Å². The maximum Gasteiger partial charge on any atom is 0.306 e. The van der Waals surface area contributed by atoms with Crippen LogP contribution in [0.15, 0.2) is 109 Å². The summed E-state index contributed by atoms with van der Waals surface area (Å²) in [5, 5.41) is 0. The Hall–Kier alpha value is -3.93. The molecule has 0 spiro atoms. The number of unbranched alkanes of at least 4 members (excludes halogenated alkanes) is 21. The van der Waals surface area contributed by atoms with Crippen LogP contribution in [0.2, 0.25) is 0 Å². The lowest BCUT2D eigenvalue weighted by molar-refractivity contribution is -0.166. The van der Waals surface area contributed by atoms with Gasteiger partial charge in [0.15, 0.2) is 6.10 Å². The van der Waals surface area contributed by atoms with Crippen LogP contribution in [0, 0.1) is 0 Å². The molecule has 0 fully saturated rings. The van der Waals surface area contributed by atoms with Crippen LogP contribution >= 0.6 is 0 Å². The second-order valence-electron chi connectivity index (χ2n) is 18.4. The molecule has 0 bridgehead atoms. The normalized spacial score (nSPS) is 12.9. The molecule has 0 heterocycles. The van der Waals surface area contributed by atoms with E-state index in [2.05, 4.69) is 118 Å². The molecular weight excluding hydrogens is 853 g/mol. The van der Waals surface area contributed by atoms with Crippen molar-refractivity contribution in [3.05, 3.63) is 109 Å². The van der Waals surface area contributed by atoms with Crippen LogP contribution in [0.3, 0.4) is 0 Å².